The van der Waals surface area contributed by atoms with Crippen molar-refractivity contribution in [3.05, 3.63) is 0 Å². The first kappa shape index (κ1) is 9.86. The van der Waals surface area contributed by atoms with Gasteiger partial charge in [-0.1, -0.05) is 0 Å². The van der Waals surface area contributed by atoms with Gasteiger partial charge in [0.05, 0.1) is 13.2 Å². The number of ether oxygens (including phenoxy) is 2. The van der Waals surface area contributed by atoms with Crippen molar-refractivity contribution in [2.75, 3.05) is 19.8 Å². The summed E-state index contributed by atoms with van der Waals surface area (Å²) >= 11 is 0. The Balaban J connectivity index is 1.61. The van der Waals surface area contributed by atoms with Crippen LogP contribution < -0.4 is 0 Å². The number of rotatable bonds is 2. The maximum Gasteiger partial charge on any atom is 0.174 e. The van der Waals surface area contributed by atoms with Crippen molar-refractivity contribution >= 4 is 0 Å². The first-order valence-electron chi connectivity index (χ1n) is 6.75. The summed E-state index contributed by atoms with van der Waals surface area (Å²) in [6.45, 7) is 1.78. The van der Waals surface area contributed by atoms with E-state index >= 15 is 0 Å². The topological polar surface area (TPSA) is 38.7 Å². The number of fused-ring (bicyclic) bond motifs is 4. The molecular formula is C13H20O3. The highest BCUT2D eigenvalue weighted by Crippen LogP contribution is 2.69. The summed E-state index contributed by atoms with van der Waals surface area (Å²) in [6, 6.07) is 0. The van der Waals surface area contributed by atoms with E-state index in [9.17, 15) is 5.11 Å². The maximum absolute atomic E-state index is 9.22. The first-order chi connectivity index (χ1) is 7.87. The molecule has 0 radical (unpaired) electrons. The van der Waals surface area contributed by atoms with Gasteiger partial charge in [0.2, 0.25) is 0 Å². The second kappa shape index (κ2) is 3.21. The molecule has 0 aromatic heterocycles. The maximum atomic E-state index is 9.22. The molecule has 3 nitrogen and oxygen atoms in total. The molecule has 0 bridgehead atoms. The second-order valence-electron chi connectivity index (χ2n) is 5.96. The van der Waals surface area contributed by atoms with Crippen molar-refractivity contribution < 1.29 is 14.6 Å². The van der Waals surface area contributed by atoms with Gasteiger partial charge < -0.3 is 14.6 Å². The van der Waals surface area contributed by atoms with E-state index in [2.05, 4.69) is 0 Å². The van der Waals surface area contributed by atoms with E-state index in [1.54, 1.807) is 0 Å². The minimum Gasteiger partial charge on any atom is -0.396 e. The summed E-state index contributed by atoms with van der Waals surface area (Å²) in [7, 11) is 0. The Morgan fingerprint density at radius 2 is 2.00 bits per heavy atom. The lowest BCUT2D eigenvalue weighted by Gasteiger charge is -2.60. The van der Waals surface area contributed by atoms with E-state index in [0.717, 1.165) is 37.4 Å². The molecule has 1 aliphatic heterocycles. The normalized spacial score (nSPS) is 51.9. The van der Waals surface area contributed by atoms with Gasteiger partial charge in [0, 0.05) is 18.4 Å². The number of hydrogen-bond acceptors (Lipinski definition) is 3. The van der Waals surface area contributed by atoms with E-state index in [-0.39, 0.29) is 12.4 Å². The molecule has 1 saturated heterocycles. The van der Waals surface area contributed by atoms with Gasteiger partial charge in [-0.3, -0.25) is 0 Å². The van der Waals surface area contributed by atoms with Crippen LogP contribution in [0.5, 0.6) is 0 Å². The minimum atomic E-state index is -0.277. The van der Waals surface area contributed by atoms with Gasteiger partial charge in [0.15, 0.2) is 5.79 Å². The van der Waals surface area contributed by atoms with Crippen LogP contribution in [-0.4, -0.2) is 30.7 Å². The molecule has 4 aliphatic rings. The van der Waals surface area contributed by atoms with Crippen LogP contribution in [0.1, 0.15) is 25.7 Å². The van der Waals surface area contributed by atoms with Crippen LogP contribution in [0, 0.1) is 29.6 Å². The van der Waals surface area contributed by atoms with Gasteiger partial charge in [-0.25, -0.2) is 0 Å². The van der Waals surface area contributed by atoms with Gasteiger partial charge in [0.25, 0.3) is 0 Å². The Morgan fingerprint density at radius 3 is 2.75 bits per heavy atom. The number of hydrogen-bond donors (Lipinski definition) is 1. The molecule has 1 heterocycles. The fourth-order valence-electron chi connectivity index (χ4n) is 4.84. The predicted octanol–water partition coefficient (Wildman–Crippen LogP) is 1.40. The average Bonchev–Trinajstić information content (AvgIpc) is 2.88. The molecule has 1 spiro atoms. The molecule has 1 N–H and O–H groups in total. The molecule has 0 aromatic rings. The molecule has 4 fully saturated rings. The Bertz CT molecular complexity index is 298. The van der Waals surface area contributed by atoms with Gasteiger partial charge in [0.1, 0.15) is 0 Å². The Labute approximate surface area is 96.1 Å². The van der Waals surface area contributed by atoms with Crippen molar-refractivity contribution in [1.82, 2.24) is 0 Å². The third-order valence-electron chi connectivity index (χ3n) is 5.46. The SMILES string of the molecule is OCCC1[C@H]2[C@@H]3C[C@@H]3CC[C@@H]2C12OCCO2. The van der Waals surface area contributed by atoms with Crippen molar-refractivity contribution in [1.29, 1.82) is 0 Å². The predicted molar refractivity (Wildman–Crippen MR) is 57.6 cm³/mol. The molecule has 16 heavy (non-hydrogen) atoms. The van der Waals surface area contributed by atoms with E-state index in [0.29, 0.717) is 11.8 Å². The summed E-state index contributed by atoms with van der Waals surface area (Å²) in [6.07, 6.45) is 4.96. The Hall–Kier alpha value is -0.120. The summed E-state index contributed by atoms with van der Waals surface area (Å²) < 4.78 is 11.9. The highest BCUT2D eigenvalue weighted by Gasteiger charge is 2.71. The summed E-state index contributed by atoms with van der Waals surface area (Å²) in [5, 5.41) is 9.22. The third-order valence-corrected chi connectivity index (χ3v) is 5.46. The third kappa shape index (κ3) is 1.05. The number of aliphatic hydroxyl groups is 1. The van der Waals surface area contributed by atoms with Crippen LogP contribution in [0.2, 0.25) is 0 Å². The second-order valence-corrected chi connectivity index (χ2v) is 5.96. The molecule has 3 saturated carbocycles. The molecule has 90 valence electrons. The molecular weight excluding hydrogens is 204 g/mol. The van der Waals surface area contributed by atoms with E-state index in [1.165, 1.54) is 19.3 Å². The first-order valence-corrected chi connectivity index (χ1v) is 6.75. The average molecular weight is 224 g/mol. The molecule has 0 aromatic carbocycles. The summed E-state index contributed by atoms with van der Waals surface area (Å²) in [5.74, 6) is 3.57. The molecule has 4 rings (SSSR count). The molecule has 3 aliphatic carbocycles. The zero-order valence-electron chi connectivity index (χ0n) is 9.60. The van der Waals surface area contributed by atoms with Crippen LogP contribution >= 0.6 is 0 Å². The Morgan fingerprint density at radius 1 is 1.19 bits per heavy atom. The quantitative estimate of drug-likeness (QED) is 0.770. The highest BCUT2D eigenvalue weighted by molar-refractivity contribution is 5.15. The Kier molecular flexibility index (Phi) is 1.98. The van der Waals surface area contributed by atoms with Gasteiger partial charge in [-0.05, 0) is 43.4 Å². The van der Waals surface area contributed by atoms with Crippen LogP contribution in [0.4, 0.5) is 0 Å². The lowest BCUT2D eigenvalue weighted by atomic mass is 9.53. The smallest absolute Gasteiger partial charge is 0.174 e. The minimum absolute atomic E-state index is 0.277. The van der Waals surface area contributed by atoms with Gasteiger partial charge >= 0.3 is 0 Å². The van der Waals surface area contributed by atoms with Crippen LogP contribution in [0.25, 0.3) is 0 Å². The largest absolute Gasteiger partial charge is 0.396 e. The lowest BCUT2D eigenvalue weighted by molar-refractivity contribution is -0.333. The zero-order valence-corrected chi connectivity index (χ0v) is 9.60. The summed E-state index contributed by atoms with van der Waals surface area (Å²) in [4.78, 5) is 0. The van der Waals surface area contributed by atoms with Crippen molar-refractivity contribution in [3.63, 3.8) is 0 Å². The van der Waals surface area contributed by atoms with Crippen LogP contribution in [0.15, 0.2) is 0 Å². The fourth-order valence-corrected chi connectivity index (χ4v) is 4.84. The van der Waals surface area contributed by atoms with Crippen molar-refractivity contribution in [3.8, 4) is 0 Å². The summed E-state index contributed by atoms with van der Waals surface area (Å²) in [5.41, 5.74) is 0. The van der Waals surface area contributed by atoms with Crippen LogP contribution in [0.3, 0.4) is 0 Å². The number of aliphatic hydroxyl groups excluding tert-OH is 1. The monoisotopic (exact) mass is 224 g/mol. The zero-order chi connectivity index (χ0) is 10.8. The van der Waals surface area contributed by atoms with E-state index in [4.69, 9.17) is 9.47 Å². The fraction of sp³-hybridized carbons (Fsp3) is 1.00. The van der Waals surface area contributed by atoms with Crippen LogP contribution in [-0.2, 0) is 9.47 Å². The van der Waals surface area contributed by atoms with Crippen molar-refractivity contribution in [2.24, 2.45) is 29.6 Å². The van der Waals surface area contributed by atoms with Gasteiger partial charge in [-0.2, -0.15) is 0 Å². The highest BCUT2D eigenvalue weighted by atomic mass is 16.7. The van der Waals surface area contributed by atoms with E-state index in [1.807, 2.05) is 0 Å². The van der Waals surface area contributed by atoms with Crippen molar-refractivity contribution in [2.45, 2.75) is 31.5 Å². The molecule has 3 heteroatoms. The molecule has 5 atom stereocenters. The standard InChI is InChI=1S/C13H20O3/c14-4-3-11-12-9-7-8(9)1-2-10(12)13(11)15-5-6-16-13/h8-12,14H,1-7H2/t8-,9+,10-,11?,12-/m0/s1. The lowest BCUT2D eigenvalue weighted by Crippen LogP contribution is -2.65. The van der Waals surface area contributed by atoms with E-state index < -0.39 is 0 Å². The van der Waals surface area contributed by atoms with Gasteiger partial charge in [-0.15, -0.1) is 0 Å². The molecule has 0 amide bonds. The molecule has 1 unspecified atom stereocenters.